The Morgan fingerprint density at radius 1 is 0.974 bits per heavy atom. The van der Waals surface area contributed by atoms with Gasteiger partial charge in [0.1, 0.15) is 11.3 Å². The monoisotopic (exact) mass is 531 g/mol. The van der Waals surface area contributed by atoms with Crippen molar-refractivity contribution in [1.29, 1.82) is 0 Å². The van der Waals surface area contributed by atoms with Gasteiger partial charge in [-0.05, 0) is 41.3 Å². The van der Waals surface area contributed by atoms with E-state index in [1.165, 1.54) is 51.8 Å². The third-order valence-corrected chi connectivity index (χ3v) is 6.52. The van der Waals surface area contributed by atoms with E-state index < -0.39 is 16.9 Å². The number of hydrogen-bond donors (Lipinski definition) is 2. The average Bonchev–Trinajstić information content (AvgIpc) is 2.95. The molecule has 2 N–H and O–H groups in total. The molecule has 1 amide bonds. The SMILES string of the molecule is COc1cc(C(=O)N[C@H](c2ccc(C(C)C)cc2)c2cc([N+](=O)[O-])c3cccnc3c2O)cc(OC)c1OC. The number of pyridine rings is 1. The van der Waals surface area contributed by atoms with Gasteiger partial charge in [-0.25, -0.2) is 0 Å². The van der Waals surface area contributed by atoms with Gasteiger partial charge in [-0.15, -0.1) is 0 Å². The largest absolute Gasteiger partial charge is 0.505 e. The number of fused-ring (bicyclic) bond motifs is 1. The zero-order valence-corrected chi connectivity index (χ0v) is 22.2. The number of rotatable bonds is 9. The number of nitro benzene ring substituents is 1. The number of phenolic OH excluding ortho intramolecular Hbond substituents is 1. The molecule has 0 aliphatic rings. The van der Waals surface area contributed by atoms with Crippen molar-refractivity contribution in [3.63, 3.8) is 0 Å². The average molecular weight is 532 g/mol. The van der Waals surface area contributed by atoms with Crippen LogP contribution in [0.4, 0.5) is 5.69 Å². The number of methoxy groups -OCH3 is 3. The van der Waals surface area contributed by atoms with E-state index in [0.29, 0.717) is 11.3 Å². The molecule has 4 aromatic rings. The summed E-state index contributed by atoms with van der Waals surface area (Å²) in [5, 5.41) is 26.3. The molecule has 1 atom stereocenters. The molecule has 4 rings (SSSR count). The summed E-state index contributed by atoms with van der Waals surface area (Å²) in [5.41, 5.74) is 1.83. The van der Waals surface area contributed by atoms with E-state index >= 15 is 0 Å². The number of hydrogen-bond acceptors (Lipinski definition) is 8. The Morgan fingerprint density at radius 2 is 1.59 bits per heavy atom. The van der Waals surface area contributed by atoms with Crippen LogP contribution in [0.3, 0.4) is 0 Å². The van der Waals surface area contributed by atoms with Crippen LogP contribution < -0.4 is 19.5 Å². The number of benzene rings is 3. The Morgan fingerprint density at radius 3 is 2.13 bits per heavy atom. The zero-order chi connectivity index (χ0) is 28.3. The van der Waals surface area contributed by atoms with Gasteiger partial charge in [0.15, 0.2) is 11.5 Å². The van der Waals surface area contributed by atoms with Crippen molar-refractivity contribution in [2.75, 3.05) is 21.3 Å². The van der Waals surface area contributed by atoms with Gasteiger partial charge in [0.2, 0.25) is 5.75 Å². The Kier molecular flexibility index (Phi) is 7.85. The predicted molar refractivity (Wildman–Crippen MR) is 146 cm³/mol. The molecule has 0 radical (unpaired) electrons. The second-order valence-corrected chi connectivity index (χ2v) is 9.13. The summed E-state index contributed by atoms with van der Waals surface area (Å²) >= 11 is 0. The van der Waals surface area contributed by atoms with Crippen LogP contribution in [0, 0.1) is 10.1 Å². The number of carbonyl (C=O) groups excluding carboxylic acids is 1. The quantitative estimate of drug-likeness (QED) is 0.213. The van der Waals surface area contributed by atoms with Crippen LogP contribution in [0.1, 0.15) is 52.9 Å². The lowest BCUT2D eigenvalue weighted by Crippen LogP contribution is -2.29. The van der Waals surface area contributed by atoms with Crippen LogP contribution in [0.25, 0.3) is 10.9 Å². The number of aromatic nitrogens is 1. The highest BCUT2D eigenvalue weighted by atomic mass is 16.6. The molecule has 0 unspecified atom stereocenters. The summed E-state index contributed by atoms with van der Waals surface area (Å²) in [6, 6.07) is 13.9. The summed E-state index contributed by atoms with van der Waals surface area (Å²) in [4.78, 5) is 29.2. The Labute approximate surface area is 225 Å². The number of nitrogens with one attached hydrogen (secondary N) is 1. The molecular formula is C29H29N3O7. The van der Waals surface area contributed by atoms with E-state index in [2.05, 4.69) is 24.1 Å². The van der Waals surface area contributed by atoms with Gasteiger partial charge in [0, 0.05) is 23.4 Å². The van der Waals surface area contributed by atoms with Gasteiger partial charge < -0.3 is 24.6 Å². The van der Waals surface area contributed by atoms with Crippen molar-refractivity contribution in [3.05, 3.63) is 93.2 Å². The van der Waals surface area contributed by atoms with E-state index in [1.54, 1.807) is 6.07 Å². The molecular weight excluding hydrogens is 502 g/mol. The molecule has 0 bridgehead atoms. The van der Waals surface area contributed by atoms with Crippen molar-refractivity contribution in [3.8, 4) is 23.0 Å². The minimum Gasteiger partial charge on any atom is -0.505 e. The lowest BCUT2D eigenvalue weighted by Gasteiger charge is -2.22. The zero-order valence-electron chi connectivity index (χ0n) is 22.2. The first-order valence-electron chi connectivity index (χ1n) is 12.2. The molecule has 0 aliphatic heterocycles. The molecule has 3 aromatic carbocycles. The number of phenols is 1. The van der Waals surface area contributed by atoms with E-state index in [9.17, 15) is 20.0 Å². The molecule has 39 heavy (non-hydrogen) atoms. The van der Waals surface area contributed by atoms with Crippen molar-refractivity contribution < 1.29 is 29.0 Å². The maximum atomic E-state index is 13.6. The number of ether oxygens (including phenoxy) is 3. The number of amides is 1. The number of aromatic hydroxyl groups is 1. The lowest BCUT2D eigenvalue weighted by molar-refractivity contribution is -0.383. The fraction of sp³-hybridized carbons (Fsp3) is 0.241. The smallest absolute Gasteiger partial charge is 0.279 e. The molecule has 0 saturated heterocycles. The van der Waals surface area contributed by atoms with Crippen molar-refractivity contribution in [2.24, 2.45) is 0 Å². The highest BCUT2D eigenvalue weighted by Gasteiger charge is 2.28. The Hall–Kier alpha value is -4.86. The first-order valence-corrected chi connectivity index (χ1v) is 12.2. The first-order chi connectivity index (χ1) is 18.7. The highest BCUT2D eigenvalue weighted by molar-refractivity contribution is 5.97. The normalized spacial score (nSPS) is 11.7. The maximum absolute atomic E-state index is 13.6. The molecule has 202 valence electrons. The molecule has 1 aromatic heterocycles. The Balaban J connectivity index is 1.89. The molecule has 0 aliphatic carbocycles. The summed E-state index contributed by atoms with van der Waals surface area (Å²) in [6.45, 7) is 4.12. The topological polar surface area (TPSA) is 133 Å². The standard InChI is InChI=1S/C29H29N3O7/c1-16(2)17-8-10-18(11-9-17)25(21-15-22(32(35)36)20-7-6-12-30-26(20)27(21)33)31-29(34)19-13-23(37-3)28(39-5)24(14-19)38-4/h6-16,25,33H,1-5H3,(H,31,34)/t25-/m1/s1. The van der Waals surface area contributed by atoms with E-state index in [4.69, 9.17) is 14.2 Å². The maximum Gasteiger partial charge on any atom is 0.279 e. The molecule has 0 spiro atoms. The van der Waals surface area contributed by atoms with Crippen LogP contribution in [-0.4, -0.2) is 42.3 Å². The molecule has 10 nitrogen and oxygen atoms in total. The van der Waals surface area contributed by atoms with Gasteiger partial charge >= 0.3 is 0 Å². The van der Waals surface area contributed by atoms with Crippen molar-refractivity contribution in [1.82, 2.24) is 10.3 Å². The summed E-state index contributed by atoms with van der Waals surface area (Å²) in [5.74, 6) is 0.369. The minimum atomic E-state index is -0.956. The van der Waals surface area contributed by atoms with Crippen molar-refractivity contribution >= 4 is 22.5 Å². The fourth-order valence-corrected chi connectivity index (χ4v) is 4.44. The van der Waals surface area contributed by atoms with Crippen LogP contribution in [0.15, 0.2) is 60.8 Å². The Bertz CT molecular complexity index is 1510. The van der Waals surface area contributed by atoms with Crippen LogP contribution in [0.2, 0.25) is 0 Å². The number of carbonyl (C=O) groups is 1. The number of non-ortho nitro benzene ring substituents is 1. The van der Waals surface area contributed by atoms with Gasteiger partial charge in [-0.3, -0.25) is 19.9 Å². The second-order valence-electron chi connectivity index (χ2n) is 9.13. The molecule has 1 heterocycles. The number of nitro groups is 1. The third-order valence-electron chi connectivity index (χ3n) is 6.52. The predicted octanol–water partition coefficient (Wildman–Crippen LogP) is 5.52. The number of nitrogens with zero attached hydrogens (tertiary/aromatic N) is 2. The summed E-state index contributed by atoms with van der Waals surface area (Å²) in [6.07, 6.45) is 1.44. The molecule has 0 saturated carbocycles. The minimum absolute atomic E-state index is 0.0625. The van der Waals surface area contributed by atoms with Crippen LogP contribution in [-0.2, 0) is 0 Å². The van der Waals surface area contributed by atoms with Gasteiger partial charge in [-0.2, -0.15) is 0 Å². The fourth-order valence-electron chi connectivity index (χ4n) is 4.44. The van der Waals surface area contributed by atoms with Gasteiger partial charge in [-0.1, -0.05) is 38.1 Å². The molecule has 10 heteroatoms. The summed E-state index contributed by atoms with van der Waals surface area (Å²) < 4.78 is 16.1. The van der Waals surface area contributed by atoms with E-state index in [1.807, 2.05) is 24.3 Å². The van der Waals surface area contributed by atoms with Crippen molar-refractivity contribution in [2.45, 2.75) is 25.8 Å². The van der Waals surface area contributed by atoms with Gasteiger partial charge in [0.05, 0.1) is 37.7 Å². The van der Waals surface area contributed by atoms with E-state index in [0.717, 1.165) is 5.56 Å². The second kappa shape index (κ2) is 11.3. The van der Waals surface area contributed by atoms with Crippen LogP contribution >= 0.6 is 0 Å². The van der Waals surface area contributed by atoms with E-state index in [-0.39, 0.29) is 50.9 Å². The summed E-state index contributed by atoms with van der Waals surface area (Å²) in [7, 11) is 4.34. The molecule has 0 fully saturated rings. The first kappa shape index (κ1) is 27.2. The third kappa shape index (κ3) is 5.26. The highest BCUT2D eigenvalue weighted by Crippen LogP contribution is 2.41. The lowest BCUT2D eigenvalue weighted by atomic mass is 9.93. The van der Waals surface area contributed by atoms with Gasteiger partial charge in [0.25, 0.3) is 11.6 Å². The van der Waals surface area contributed by atoms with Crippen LogP contribution in [0.5, 0.6) is 23.0 Å².